The molecule has 0 aliphatic carbocycles. The monoisotopic (exact) mass is 469 g/mol. The number of para-hydroxylation sites is 1. The first-order valence-electron chi connectivity index (χ1n) is 11.8. The second-order valence-corrected chi connectivity index (χ2v) is 10.0. The number of fused-ring (bicyclic) bond motifs is 1. The highest BCUT2D eigenvalue weighted by Crippen LogP contribution is 2.44. The Balaban J connectivity index is 2.04. The van der Waals surface area contributed by atoms with Crippen LogP contribution in [0.3, 0.4) is 0 Å². The molecule has 1 aliphatic heterocycles. The van der Waals surface area contributed by atoms with Crippen molar-refractivity contribution in [3.05, 3.63) is 60.4 Å². The normalized spacial score (nSPS) is 20.4. The first-order chi connectivity index (χ1) is 15.9. The van der Waals surface area contributed by atoms with Crippen LogP contribution in [0.4, 0.5) is 11.4 Å². The second-order valence-electron chi connectivity index (χ2n) is 8.63. The molecule has 0 saturated carbocycles. The average Bonchev–Trinajstić information content (AvgIpc) is 2.93. The van der Waals surface area contributed by atoms with Crippen molar-refractivity contribution in [2.45, 2.75) is 58.3 Å². The van der Waals surface area contributed by atoms with Gasteiger partial charge in [0.2, 0.25) is 0 Å². The number of esters is 1. The number of anilines is 2. The summed E-state index contributed by atoms with van der Waals surface area (Å²) in [6.45, 7) is 9.29. The van der Waals surface area contributed by atoms with Crippen molar-refractivity contribution in [2.75, 3.05) is 23.8 Å². The van der Waals surface area contributed by atoms with Crippen LogP contribution in [-0.4, -0.2) is 29.1 Å². The number of nitrogens with zero attached hydrogens (tertiary/aromatic N) is 1. The lowest BCUT2D eigenvalue weighted by atomic mass is 9.81. The molecule has 0 saturated heterocycles. The third-order valence-corrected chi connectivity index (χ3v) is 7.98. The van der Waals surface area contributed by atoms with Gasteiger partial charge in [0.15, 0.2) is 0 Å². The summed E-state index contributed by atoms with van der Waals surface area (Å²) < 4.78 is 24.3. The van der Waals surface area contributed by atoms with Gasteiger partial charge in [-0.15, -0.1) is 0 Å². The molecule has 0 bridgehead atoms. The Labute approximate surface area is 200 Å². The Kier molecular flexibility index (Phi) is 8.73. The summed E-state index contributed by atoms with van der Waals surface area (Å²) in [5.41, 5.74) is 2.94. The molecule has 1 aliphatic rings. The highest BCUT2D eigenvalue weighted by Gasteiger charge is 2.38. The molecule has 0 aromatic heterocycles. The maximum atomic E-state index is 13.7. The van der Waals surface area contributed by atoms with Crippen LogP contribution in [0.2, 0.25) is 0 Å². The topological polar surface area (TPSA) is 55.8 Å². The van der Waals surface area contributed by atoms with E-state index in [2.05, 4.69) is 36.9 Å². The van der Waals surface area contributed by atoms with E-state index in [0.29, 0.717) is 18.1 Å². The number of carbonyl (C=O) groups is 1. The van der Waals surface area contributed by atoms with Crippen molar-refractivity contribution < 1.29 is 18.5 Å². The summed E-state index contributed by atoms with van der Waals surface area (Å²) in [6, 6.07) is 14.3. The van der Waals surface area contributed by atoms with Crippen molar-refractivity contribution in [1.29, 1.82) is 0 Å². The van der Waals surface area contributed by atoms with E-state index >= 15 is 0 Å². The standard InChI is InChI=1S/C27H35NO4S/c1-5-8-15-27(6-2)19-28(22-12-10-9-11-13-22)23-17-21(4)24(18-25(23)33(30)20-27)32-16-14-26(29)31-7-3/h9-14,16-18H,5-8,15,19-20H2,1-4H3/b16-14+. The Morgan fingerprint density at radius 3 is 2.61 bits per heavy atom. The van der Waals surface area contributed by atoms with Crippen molar-refractivity contribution >= 4 is 28.1 Å². The van der Waals surface area contributed by atoms with Crippen LogP contribution in [0.25, 0.3) is 0 Å². The average molecular weight is 470 g/mol. The zero-order valence-electron chi connectivity index (χ0n) is 20.1. The first-order valence-corrected chi connectivity index (χ1v) is 13.1. The molecule has 0 N–H and O–H groups in total. The predicted octanol–water partition coefficient (Wildman–Crippen LogP) is 6.30. The molecule has 6 heteroatoms. The number of benzene rings is 2. The molecule has 1 heterocycles. The van der Waals surface area contributed by atoms with Gasteiger partial charge >= 0.3 is 5.97 Å². The van der Waals surface area contributed by atoms with Crippen molar-refractivity contribution in [1.82, 2.24) is 0 Å². The van der Waals surface area contributed by atoms with Gasteiger partial charge in [-0.1, -0.05) is 44.9 Å². The van der Waals surface area contributed by atoms with Crippen molar-refractivity contribution in [3.8, 4) is 5.75 Å². The SMILES string of the molecule is CCCCC1(CC)CN(c2ccccc2)c2cc(C)c(O/C=C/C(=O)OCC)cc2S(=O)C1. The van der Waals surface area contributed by atoms with Gasteiger partial charge in [0.05, 0.1) is 40.3 Å². The Hall–Kier alpha value is -2.60. The highest BCUT2D eigenvalue weighted by molar-refractivity contribution is 7.85. The molecule has 2 atom stereocenters. The fourth-order valence-electron chi connectivity index (χ4n) is 4.28. The zero-order valence-corrected chi connectivity index (χ0v) is 21.0. The van der Waals surface area contributed by atoms with Crippen LogP contribution >= 0.6 is 0 Å². The number of rotatable bonds is 9. The quantitative estimate of drug-likeness (QED) is 0.245. The molecule has 0 radical (unpaired) electrons. The molecule has 0 amide bonds. The van der Waals surface area contributed by atoms with Gasteiger partial charge < -0.3 is 14.4 Å². The second kappa shape index (κ2) is 11.5. The van der Waals surface area contributed by atoms with E-state index in [0.717, 1.165) is 54.1 Å². The molecule has 3 rings (SSSR count). The van der Waals surface area contributed by atoms with Gasteiger partial charge in [0, 0.05) is 18.0 Å². The van der Waals surface area contributed by atoms with Gasteiger partial charge in [-0.3, -0.25) is 4.21 Å². The van der Waals surface area contributed by atoms with E-state index in [1.165, 1.54) is 12.3 Å². The van der Waals surface area contributed by atoms with Crippen LogP contribution in [0.1, 0.15) is 52.0 Å². The van der Waals surface area contributed by atoms with Crippen LogP contribution in [-0.2, 0) is 20.3 Å². The number of hydrogen-bond donors (Lipinski definition) is 0. The minimum Gasteiger partial charge on any atom is -0.464 e. The fraction of sp³-hybridized carbons (Fsp3) is 0.444. The molecule has 33 heavy (non-hydrogen) atoms. The molecule has 2 aromatic rings. The van der Waals surface area contributed by atoms with Gasteiger partial charge in [0.1, 0.15) is 5.75 Å². The van der Waals surface area contributed by atoms with E-state index in [1.54, 1.807) is 6.92 Å². The zero-order chi connectivity index (χ0) is 23.8. The van der Waals surface area contributed by atoms with E-state index < -0.39 is 16.8 Å². The third-order valence-electron chi connectivity index (χ3n) is 6.29. The number of aryl methyl sites for hydroxylation is 1. The minimum absolute atomic E-state index is 0.0333. The molecule has 0 spiro atoms. The summed E-state index contributed by atoms with van der Waals surface area (Å²) >= 11 is 0. The van der Waals surface area contributed by atoms with E-state index in [4.69, 9.17) is 9.47 Å². The Bertz CT molecular complexity index is 1000. The lowest BCUT2D eigenvalue weighted by Crippen LogP contribution is -2.37. The molecule has 2 unspecified atom stereocenters. The van der Waals surface area contributed by atoms with Gasteiger partial charge in [-0.2, -0.15) is 0 Å². The summed E-state index contributed by atoms with van der Waals surface area (Å²) in [6.07, 6.45) is 6.86. The Morgan fingerprint density at radius 2 is 1.94 bits per heavy atom. The number of carbonyl (C=O) groups excluding carboxylic acids is 1. The van der Waals surface area contributed by atoms with Crippen LogP contribution in [0.15, 0.2) is 59.7 Å². The molecule has 178 valence electrons. The summed E-state index contributed by atoms with van der Waals surface area (Å²) in [4.78, 5) is 14.7. The van der Waals surface area contributed by atoms with Gasteiger partial charge in [0.25, 0.3) is 0 Å². The number of ether oxygens (including phenoxy) is 2. The van der Waals surface area contributed by atoms with E-state index in [9.17, 15) is 9.00 Å². The Morgan fingerprint density at radius 1 is 1.18 bits per heavy atom. The van der Waals surface area contributed by atoms with Crippen molar-refractivity contribution in [3.63, 3.8) is 0 Å². The molecular weight excluding hydrogens is 434 g/mol. The smallest absolute Gasteiger partial charge is 0.333 e. The lowest BCUT2D eigenvalue weighted by molar-refractivity contribution is -0.137. The lowest BCUT2D eigenvalue weighted by Gasteiger charge is -2.36. The highest BCUT2D eigenvalue weighted by atomic mass is 32.2. The van der Waals surface area contributed by atoms with Gasteiger partial charge in [-0.25, -0.2) is 4.79 Å². The summed E-state index contributed by atoms with van der Waals surface area (Å²) in [5, 5.41) is 0. The molecule has 2 aromatic carbocycles. The number of hydrogen-bond acceptors (Lipinski definition) is 5. The molecule has 5 nitrogen and oxygen atoms in total. The van der Waals surface area contributed by atoms with Crippen LogP contribution in [0.5, 0.6) is 5.75 Å². The van der Waals surface area contributed by atoms with Crippen LogP contribution < -0.4 is 9.64 Å². The van der Waals surface area contributed by atoms with Gasteiger partial charge in [-0.05, 0) is 61.9 Å². The minimum atomic E-state index is -1.17. The predicted molar refractivity (Wildman–Crippen MR) is 135 cm³/mol. The third kappa shape index (κ3) is 6.05. The summed E-state index contributed by atoms with van der Waals surface area (Å²) in [7, 11) is -1.17. The largest absolute Gasteiger partial charge is 0.464 e. The number of unbranched alkanes of at least 4 members (excludes halogenated alkanes) is 1. The maximum absolute atomic E-state index is 13.7. The fourth-order valence-corrected chi connectivity index (χ4v) is 6.07. The maximum Gasteiger partial charge on any atom is 0.333 e. The summed E-state index contributed by atoms with van der Waals surface area (Å²) in [5.74, 6) is 0.765. The van der Waals surface area contributed by atoms with Crippen LogP contribution in [0, 0.1) is 12.3 Å². The molecule has 0 fully saturated rings. The first kappa shape index (κ1) is 25.0. The molecular formula is C27H35NO4S. The van der Waals surface area contributed by atoms with Crippen molar-refractivity contribution in [2.24, 2.45) is 5.41 Å². The van der Waals surface area contributed by atoms with E-state index in [-0.39, 0.29) is 5.41 Å². The van der Waals surface area contributed by atoms with E-state index in [1.807, 2.05) is 31.2 Å².